The van der Waals surface area contributed by atoms with Gasteiger partial charge in [0.05, 0.1) is 15.9 Å². The first-order valence-corrected chi connectivity index (χ1v) is 27.3. The molecule has 5 heteroatoms. The van der Waals surface area contributed by atoms with Crippen LogP contribution in [0.5, 0.6) is 0 Å². The predicted octanol–water partition coefficient (Wildman–Crippen LogP) is 17.1. The van der Waals surface area contributed by atoms with Gasteiger partial charge in [-0.3, -0.25) is 0 Å². The van der Waals surface area contributed by atoms with E-state index in [9.17, 15) is 0 Å². The standard InChI is InChI=1S/C66H72BN3S/c1-61(2,3)41-24-29-45(30-25-41)68-53-32-27-43(63(7,8)9)37-50(53)67-51-38-44(64(10,11)12)28-33-54(51)69(55-22-19-21-48-47-20-15-16-23-58(47)71-60(48)55)57-40-46(39-56(68)59(57)67)70-52-31-26-42(62(4,5)6)36-49(52)65(13)34-17-18-35-66(65,70)14/h15-16,19-33,36-40H,17-18,34-35H2,1-14H3. The third kappa shape index (κ3) is 6.87. The zero-order valence-corrected chi connectivity index (χ0v) is 45.7. The van der Waals surface area contributed by atoms with E-state index >= 15 is 0 Å². The Hall–Kier alpha value is -5.78. The van der Waals surface area contributed by atoms with Gasteiger partial charge in [0.25, 0.3) is 6.71 Å². The summed E-state index contributed by atoms with van der Waals surface area (Å²) in [6.45, 7) is 33.5. The summed E-state index contributed by atoms with van der Waals surface area (Å²) in [6, 6.07) is 53.2. The van der Waals surface area contributed by atoms with Gasteiger partial charge in [0.1, 0.15) is 0 Å². The number of fused-ring (bicyclic) bond motifs is 10. The molecule has 12 rings (SSSR count). The van der Waals surface area contributed by atoms with Crippen LogP contribution in [0.3, 0.4) is 0 Å². The SMILES string of the molecule is CC(C)(C)c1ccc(N2c3ccc(C(C)(C)C)cc3B3c4cc(C(C)(C)C)ccc4N(c4cccc5c4sc4ccccc45)c4cc(N5c6ccc(C(C)(C)C)cc6C6(C)CCCCC56C)cc2c43)cc1. The van der Waals surface area contributed by atoms with Crippen LogP contribution in [0.15, 0.2) is 133 Å². The van der Waals surface area contributed by atoms with E-state index in [0.717, 1.165) is 6.42 Å². The first kappa shape index (κ1) is 46.3. The number of hydrogen-bond acceptors (Lipinski definition) is 4. The van der Waals surface area contributed by atoms with Gasteiger partial charge in [-0.15, -0.1) is 11.3 Å². The van der Waals surface area contributed by atoms with Crippen LogP contribution in [0.25, 0.3) is 20.2 Å². The second-order valence-corrected chi connectivity index (χ2v) is 27.3. The van der Waals surface area contributed by atoms with Crippen LogP contribution in [-0.4, -0.2) is 12.3 Å². The summed E-state index contributed by atoms with van der Waals surface area (Å²) >= 11 is 1.93. The lowest BCUT2D eigenvalue weighted by Crippen LogP contribution is -2.62. The average molecular weight is 950 g/mol. The summed E-state index contributed by atoms with van der Waals surface area (Å²) in [5.41, 5.74) is 21.1. The van der Waals surface area contributed by atoms with Crippen molar-refractivity contribution in [1.82, 2.24) is 0 Å². The topological polar surface area (TPSA) is 9.72 Å². The molecular weight excluding hydrogens is 878 g/mol. The fraction of sp³-hybridized carbons (Fsp3) is 0.364. The highest BCUT2D eigenvalue weighted by molar-refractivity contribution is 7.26. The minimum Gasteiger partial charge on any atom is -0.334 e. The number of benzene rings is 7. The Bertz CT molecular complexity index is 3480. The van der Waals surface area contributed by atoms with E-state index in [2.05, 4.69) is 245 Å². The quantitative estimate of drug-likeness (QED) is 0.163. The summed E-state index contributed by atoms with van der Waals surface area (Å²) in [6.07, 6.45) is 4.79. The molecule has 0 amide bonds. The minimum absolute atomic E-state index is 0.00218. The fourth-order valence-corrected chi connectivity index (χ4v) is 14.4. The highest BCUT2D eigenvalue weighted by Crippen LogP contribution is 2.62. The minimum atomic E-state index is -0.137. The van der Waals surface area contributed by atoms with Gasteiger partial charge in [-0.25, -0.2) is 0 Å². The van der Waals surface area contributed by atoms with Gasteiger partial charge in [0.2, 0.25) is 0 Å². The smallest absolute Gasteiger partial charge is 0.252 e. The summed E-state index contributed by atoms with van der Waals surface area (Å²) in [7, 11) is 0. The first-order valence-electron chi connectivity index (χ1n) is 26.5. The van der Waals surface area contributed by atoms with Crippen LogP contribution in [-0.2, 0) is 27.1 Å². The summed E-state index contributed by atoms with van der Waals surface area (Å²) in [5.74, 6) is 0. The monoisotopic (exact) mass is 950 g/mol. The molecule has 1 fully saturated rings. The predicted molar refractivity (Wildman–Crippen MR) is 311 cm³/mol. The van der Waals surface area contributed by atoms with E-state index in [1.165, 1.54) is 129 Å². The number of anilines is 8. The molecule has 7 aromatic carbocycles. The zero-order chi connectivity index (χ0) is 49.9. The van der Waals surface area contributed by atoms with E-state index in [1.54, 1.807) is 0 Å². The van der Waals surface area contributed by atoms with Gasteiger partial charge < -0.3 is 14.7 Å². The molecule has 3 aliphatic heterocycles. The van der Waals surface area contributed by atoms with Crippen molar-refractivity contribution in [2.24, 2.45) is 0 Å². The van der Waals surface area contributed by atoms with Gasteiger partial charge >= 0.3 is 0 Å². The second kappa shape index (κ2) is 15.4. The number of rotatable bonds is 3. The maximum Gasteiger partial charge on any atom is 0.252 e. The molecule has 0 bridgehead atoms. The Balaban J connectivity index is 1.23. The zero-order valence-electron chi connectivity index (χ0n) is 44.9. The molecule has 71 heavy (non-hydrogen) atoms. The fourth-order valence-electron chi connectivity index (χ4n) is 13.2. The van der Waals surface area contributed by atoms with Crippen LogP contribution >= 0.6 is 11.3 Å². The molecule has 4 heterocycles. The molecule has 8 aromatic rings. The van der Waals surface area contributed by atoms with Crippen molar-refractivity contribution in [3.05, 3.63) is 161 Å². The van der Waals surface area contributed by atoms with Crippen molar-refractivity contribution in [2.45, 2.75) is 155 Å². The highest BCUT2D eigenvalue weighted by Gasteiger charge is 2.58. The van der Waals surface area contributed by atoms with Gasteiger partial charge in [-0.2, -0.15) is 0 Å². The maximum atomic E-state index is 2.83. The summed E-state index contributed by atoms with van der Waals surface area (Å²) in [5, 5.41) is 2.64. The molecule has 360 valence electrons. The Morgan fingerprint density at radius 2 is 0.972 bits per heavy atom. The molecule has 0 spiro atoms. The Labute approximate surface area is 429 Å². The van der Waals surface area contributed by atoms with E-state index in [-0.39, 0.29) is 39.3 Å². The molecule has 1 saturated carbocycles. The van der Waals surface area contributed by atoms with E-state index < -0.39 is 0 Å². The summed E-state index contributed by atoms with van der Waals surface area (Å²) < 4.78 is 2.65. The number of thiophene rings is 1. The molecule has 2 atom stereocenters. The number of hydrogen-bond donors (Lipinski definition) is 0. The molecule has 0 N–H and O–H groups in total. The largest absolute Gasteiger partial charge is 0.334 e. The van der Waals surface area contributed by atoms with Crippen molar-refractivity contribution in [1.29, 1.82) is 0 Å². The first-order chi connectivity index (χ1) is 33.5. The lowest BCUT2D eigenvalue weighted by atomic mass is 9.33. The normalized spacial score (nSPS) is 19.7. The van der Waals surface area contributed by atoms with Crippen molar-refractivity contribution in [3.63, 3.8) is 0 Å². The Kier molecular flexibility index (Phi) is 10.0. The molecule has 0 saturated heterocycles. The van der Waals surface area contributed by atoms with E-state index in [1.807, 2.05) is 11.3 Å². The molecule has 4 aliphatic rings. The van der Waals surface area contributed by atoms with Gasteiger partial charge in [0.15, 0.2) is 0 Å². The van der Waals surface area contributed by atoms with Crippen LogP contribution in [0.4, 0.5) is 45.5 Å². The van der Waals surface area contributed by atoms with Crippen molar-refractivity contribution in [2.75, 3.05) is 14.7 Å². The van der Waals surface area contributed by atoms with Crippen molar-refractivity contribution >= 4 is 100 Å². The van der Waals surface area contributed by atoms with Gasteiger partial charge in [0, 0.05) is 60.7 Å². The lowest BCUT2D eigenvalue weighted by molar-refractivity contribution is 0.195. The lowest BCUT2D eigenvalue weighted by Gasteiger charge is -2.51. The second-order valence-electron chi connectivity index (χ2n) is 26.2. The molecule has 0 radical (unpaired) electrons. The van der Waals surface area contributed by atoms with Crippen LogP contribution in [0.1, 0.15) is 150 Å². The molecule has 2 unspecified atom stereocenters. The molecular formula is C66H72BN3S. The average Bonchev–Trinajstić information content (AvgIpc) is 3.80. The maximum absolute atomic E-state index is 2.83. The number of nitrogens with zero attached hydrogens (tertiary/aromatic N) is 3. The molecule has 1 aromatic heterocycles. The molecule has 3 nitrogen and oxygen atoms in total. The van der Waals surface area contributed by atoms with Crippen molar-refractivity contribution in [3.8, 4) is 0 Å². The third-order valence-electron chi connectivity index (χ3n) is 17.6. The van der Waals surface area contributed by atoms with Crippen LogP contribution in [0, 0.1) is 0 Å². The van der Waals surface area contributed by atoms with E-state index in [4.69, 9.17) is 0 Å². The van der Waals surface area contributed by atoms with Gasteiger partial charge in [-0.05, 0) is 140 Å². The Morgan fingerprint density at radius 3 is 1.59 bits per heavy atom. The van der Waals surface area contributed by atoms with E-state index in [0.29, 0.717) is 0 Å². The van der Waals surface area contributed by atoms with Gasteiger partial charge in [-0.1, -0.05) is 182 Å². The summed E-state index contributed by atoms with van der Waals surface area (Å²) in [4.78, 5) is 8.17. The molecule has 1 aliphatic carbocycles. The van der Waals surface area contributed by atoms with Crippen molar-refractivity contribution < 1.29 is 0 Å². The van der Waals surface area contributed by atoms with Crippen LogP contribution < -0.4 is 31.1 Å². The highest BCUT2D eigenvalue weighted by atomic mass is 32.1. The van der Waals surface area contributed by atoms with Crippen LogP contribution in [0.2, 0.25) is 0 Å². The Morgan fingerprint density at radius 1 is 0.451 bits per heavy atom. The third-order valence-corrected chi connectivity index (χ3v) is 18.8.